The van der Waals surface area contributed by atoms with Crippen LogP contribution in [-0.2, 0) is 15.0 Å². The quantitative estimate of drug-likeness (QED) is 0.430. The average molecular weight is 454 g/mol. The predicted octanol–water partition coefficient (Wildman–Crippen LogP) is 1.91. The Balaban J connectivity index is 1.40. The maximum absolute atomic E-state index is 13.1. The molecule has 1 heterocycles. The number of aliphatic hydroxyl groups excluding tert-OH is 2. The number of hydrogen-bond acceptors (Lipinski definition) is 6. The molecule has 33 heavy (non-hydrogen) atoms. The summed E-state index contributed by atoms with van der Waals surface area (Å²) in [4.78, 5) is 40.5. The normalized spacial score (nSPS) is 31.9. The van der Waals surface area contributed by atoms with Gasteiger partial charge in [-0.3, -0.25) is 14.9 Å². The van der Waals surface area contributed by atoms with E-state index in [1.165, 1.54) is 55.2 Å². The number of carbonyl (C=O) groups is 3. The van der Waals surface area contributed by atoms with Crippen molar-refractivity contribution < 1.29 is 24.6 Å². The minimum atomic E-state index is -0.785. The third-order valence-corrected chi connectivity index (χ3v) is 7.96. The Morgan fingerprint density at radius 3 is 2.00 bits per heavy atom. The van der Waals surface area contributed by atoms with Crippen molar-refractivity contribution in [3.05, 3.63) is 41.6 Å². The highest BCUT2D eigenvalue weighted by atomic mass is 16.3. The number of anilines is 1. The van der Waals surface area contributed by atoms with Gasteiger partial charge in [-0.25, -0.2) is 9.69 Å². The summed E-state index contributed by atoms with van der Waals surface area (Å²) < 4.78 is 0. The lowest BCUT2D eigenvalue weighted by Crippen LogP contribution is -2.55. The van der Waals surface area contributed by atoms with Crippen LogP contribution in [0.1, 0.15) is 44.1 Å². The molecule has 3 N–H and O–H groups in total. The number of rotatable bonds is 7. The number of barbiturate groups is 1. The number of carbonyl (C=O) groups excluding carboxylic acids is 3. The molecule has 0 radical (unpaired) electrons. The fraction of sp³-hybridized carbons (Fsp3) is 0.560. The minimum absolute atomic E-state index is 0.151. The van der Waals surface area contributed by atoms with Crippen LogP contribution in [0.15, 0.2) is 36.0 Å². The highest BCUT2D eigenvalue weighted by Gasteiger charge is 2.51. The van der Waals surface area contributed by atoms with E-state index in [9.17, 15) is 24.6 Å². The molecule has 1 aliphatic heterocycles. The van der Waals surface area contributed by atoms with E-state index in [2.05, 4.69) is 5.32 Å². The van der Waals surface area contributed by atoms with E-state index in [1.807, 2.05) is 12.1 Å². The first-order valence-corrected chi connectivity index (χ1v) is 11.9. The molecule has 4 bridgehead atoms. The summed E-state index contributed by atoms with van der Waals surface area (Å²) in [7, 11) is 0. The van der Waals surface area contributed by atoms with E-state index in [4.69, 9.17) is 0 Å². The number of aliphatic hydroxyl groups is 2. The zero-order chi connectivity index (χ0) is 23.2. The van der Waals surface area contributed by atoms with E-state index < -0.39 is 17.8 Å². The van der Waals surface area contributed by atoms with Gasteiger partial charge >= 0.3 is 6.03 Å². The molecule has 0 unspecified atom stereocenters. The SMILES string of the molecule is O=C1NC(=O)N(c2ccc(C34CC5CC(CC(C5)C3)C4)cc2)C(=O)/C1=C/N(CCO)CCO. The molecule has 1 aromatic rings. The predicted molar refractivity (Wildman–Crippen MR) is 121 cm³/mol. The number of amides is 4. The molecule has 4 saturated carbocycles. The third kappa shape index (κ3) is 3.95. The smallest absolute Gasteiger partial charge is 0.335 e. The van der Waals surface area contributed by atoms with Gasteiger partial charge in [0.05, 0.1) is 18.9 Å². The second-order valence-corrected chi connectivity index (χ2v) is 10.2. The van der Waals surface area contributed by atoms with Crippen LogP contribution in [-0.4, -0.2) is 59.3 Å². The lowest BCUT2D eigenvalue weighted by Gasteiger charge is -2.57. The third-order valence-electron chi connectivity index (χ3n) is 7.96. The van der Waals surface area contributed by atoms with Gasteiger partial charge in [0.15, 0.2) is 0 Å². The number of nitrogens with zero attached hydrogens (tertiary/aromatic N) is 2. The van der Waals surface area contributed by atoms with Crippen molar-refractivity contribution in [2.24, 2.45) is 17.8 Å². The second-order valence-electron chi connectivity index (χ2n) is 10.2. The lowest BCUT2D eigenvalue weighted by atomic mass is 9.48. The van der Waals surface area contributed by atoms with Gasteiger partial charge in [0, 0.05) is 19.3 Å². The molecular formula is C25H31N3O5. The van der Waals surface area contributed by atoms with Crippen molar-refractivity contribution in [2.75, 3.05) is 31.2 Å². The lowest BCUT2D eigenvalue weighted by molar-refractivity contribution is -0.122. The van der Waals surface area contributed by atoms with E-state index >= 15 is 0 Å². The summed E-state index contributed by atoms with van der Waals surface area (Å²) >= 11 is 0. The van der Waals surface area contributed by atoms with Crippen molar-refractivity contribution in [3.63, 3.8) is 0 Å². The van der Waals surface area contributed by atoms with E-state index in [-0.39, 0.29) is 37.3 Å². The topological polar surface area (TPSA) is 110 Å². The highest BCUT2D eigenvalue weighted by molar-refractivity contribution is 6.37. The monoisotopic (exact) mass is 453 g/mol. The van der Waals surface area contributed by atoms with Gasteiger partial charge in [0.2, 0.25) is 0 Å². The summed E-state index contributed by atoms with van der Waals surface area (Å²) in [6.07, 6.45) is 9.09. The van der Waals surface area contributed by atoms with Crippen LogP contribution in [0.4, 0.5) is 10.5 Å². The largest absolute Gasteiger partial charge is 0.395 e. The Bertz CT molecular complexity index is 945. The molecule has 8 nitrogen and oxygen atoms in total. The standard InChI is InChI=1S/C25H31N3O5/c29-7-5-27(6-8-30)15-21-22(31)26-24(33)28(23(21)32)20-3-1-19(2-4-20)25-12-16-9-17(13-25)11-18(10-16)14-25/h1-4,15-18,29-30H,5-14H2,(H,26,31,33)/b21-15+. The Morgan fingerprint density at radius 1 is 0.939 bits per heavy atom. The molecule has 0 spiro atoms. The summed E-state index contributed by atoms with van der Waals surface area (Å²) in [5.74, 6) is 0.971. The maximum atomic E-state index is 13.1. The summed E-state index contributed by atoms with van der Waals surface area (Å²) in [5, 5.41) is 20.6. The molecule has 176 valence electrons. The first-order chi connectivity index (χ1) is 15.9. The molecule has 0 atom stereocenters. The number of urea groups is 1. The van der Waals surface area contributed by atoms with Gasteiger partial charge < -0.3 is 15.1 Å². The van der Waals surface area contributed by atoms with Gasteiger partial charge in [-0.05, 0) is 79.4 Å². The van der Waals surface area contributed by atoms with Crippen LogP contribution < -0.4 is 10.2 Å². The Kier molecular flexibility index (Phi) is 5.74. The number of hydrogen-bond donors (Lipinski definition) is 3. The Morgan fingerprint density at radius 2 is 1.48 bits per heavy atom. The van der Waals surface area contributed by atoms with Crippen molar-refractivity contribution in [1.82, 2.24) is 10.2 Å². The molecule has 5 aliphatic rings. The van der Waals surface area contributed by atoms with Crippen LogP contribution in [0, 0.1) is 17.8 Å². The zero-order valence-corrected chi connectivity index (χ0v) is 18.7. The van der Waals surface area contributed by atoms with Crippen LogP contribution in [0.3, 0.4) is 0 Å². The molecule has 4 aliphatic carbocycles. The molecule has 8 heteroatoms. The Hall–Kier alpha value is -2.71. The molecule has 1 saturated heterocycles. The summed E-state index contributed by atoms with van der Waals surface area (Å²) in [6, 6.07) is 6.93. The fourth-order valence-electron chi connectivity index (χ4n) is 6.99. The fourth-order valence-corrected chi connectivity index (χ4v) is 6.99. The van der Waals surface area contributed by atoms with Crippen molar-refractivity contribution in [1.29, 1.82) is 0 Å². The number of nitrogens with one attached hydrogen (secondary N) is 1. The van der Waals surface area contributed by atoms with Gasteiger partial charge in [-0.2, -0.15) is 0 Å². The average Bonchev–Trinajstić information content (AvgIpc) is 2.76. The van der Waals surface area contributed by atoms with E-state index in [1.54, 1.807) is 12.1 Å². The van der Waals surface area contributed by atoms with Gasteiger partial charge in [0.25, 0.3) is 11.8 Å². The van der Waals surface area contributed by atoms with Crippen LogP contribution in [0.5, 0.6) is 0 Å². The van der Waals surface area contributed by atoms with Gasteiger partial charge in [-0.15, -0.1) is 0 Å². The van der Waals surface area contributed by atoms with Crippen molar-refractivity contribution >= 4 is 23.5 Å². The van der Waals surface area contributed by atoms with Crippen LogP contribution in [0.25, 0.3) is 0 Å². The van der Waals surface area contributed by atoms with E-state index in [0.717, 1.165) is 22.7 Å². The Labute approximate surface area is 193 Å². The minimum Gasteiger partial charge on any atom is -0.395 e. The first-order valence-electron chi connectivity index (χ1n) is 11.9. The maximum Gasteiger partial charge on any atom is 0.335 e. The number of imide groups is 2. The summed E-state index contributed by atoms with van der Waals surface area (Å²) in [6.45, 7) is -0.0985. The van der Waals surface area contributed by atoms with Crippen LogP contribution in [0.2, 0.25) is 0 Å². The van der Waals surface area contributed by atoms with Crippen LogP contribution >= 0.6 is 0 Å². The van der Waals surface area contributed by atoms with Crippen molar-refractivity contribution in [3.8, 4) is 0 Å². The number of benzene rings is 1. The van der Waals surface area contributed by atoms with E-state index in [0.29, 0.717) is 5.69 Å². The molecule has 0 aromatic heterocycles. The molecule has 1 aromatic carbocycles. The zero-order valence-electron chi connectivity index (χ0n) is 18.7. The second kappa shape index (κ2) is 8.57. The molecular weight excluding hydrogens is 422 g/mol. The summed E-state index contributed by atoms with van der Waals surface area (Å²) in [5.41, 5.74) is 1.72. The molecule has 4 amide bonds. The molecule has 5 fully saturated rings. The first kappa shape index (κ1) is 22.1. The van der Waals surface area contributed by atoms with Gasteiger partial charge in [0.1, 0.15) is 5.57 Å². The van der Waals surface area contributed by atoms with Crippen molar-refractivity contribution in [2.45, 2.75) is 43.9 Å². The van der Waals surface area contributed by atoms with Gasteiger partial charge in [-0.1, -0.05) is 12.1 Å². The highest BCUT2D eigenvalue weighted by Crippen LogP contribution is 2.60. The molecule has 6 rings (SSSR count).